The molecule has 0 radical (unpaired) electrons. The summed E-state index contributed by atoms with van der Waals surface area (Å²) in [5.74, 6) is 1.44. The molecule has 1 aromatic heterocycles. The lowest BCUT2D eigenvalue weighted by Crippen LogP contribution is -2.07. The first-order chi connectivity index (χ1) is 9.15. The van der Waals surface area contributed by atoms with Gasteiger partial charge in [0.15, 0.2) is 0 Å². The molecule has 2 aromatic rings. The third kappa shape index (κ3) is 4.21. The Morgan fingerprint density at radius 2 is 1.89 bits per heavy atom. The normalized spacial score (nSPS) is 10.7. The van der Waals surface area contributed by atoms with Gasteiger partial charge in [-0.2, -0.15) is 0 Å². The zero-order valence-electron chi connectivity index (χ0n) is 11.2. The first kappa shape index (κ1) is 13.8. The van der Waals surface area contributed by atoms with Gasteiger partial charge in [-0.1, -0.05) is 44.2 Å². The molecule has 2 rings (SSSR count). The second-order valence-corrected chi connectivity index (χ2v) is 5.22. The summed E-state index contributed by atoms with van der Waals surface area (Å²) in [6, 6.07) is 11.9. The third-order valence-corrected chi connectivity index (χ3v) is 2.97. The van der Waals surface area contributed by atoms with Crippen molar-refractivity contribution in [3.63, 3.8) is 0 Å². The summed E-state index contributed by atoms with van der Waals surface area (Å²) in [7, 11) is 0. The summed E-state index contributed by atoms with van der Waals surface area (Å²) < 4.78 is 0. The van der Waals surface area contributed by atoms with Crippen LogP contribution in [0.15, 0.2) is 36.4 Å². The van der Waals surface area contributed by atoms with E-state index in [4.69, 9.17) is 11.6 Å². The molecule has 19 heavy (non-hydrogen) atoms. The number of aromatic nitrogens is 2. The van der Waals surface area contributed by atoms with Crippen LogP contribution in [0.4, 0.5) is 5.82 Å². The van der Waals surface area contributed by atoms with E-state index in [0.29, 0.717) is 5.92 Å². The average Bonchev–Trinajstić information content (AvgIpc) is 2.39. The van der Waals surface area contributed by atoms with Crippen molar-refractivity contribution in [1.82, 2.24) is 9.97 Å². The summed E-state index contributed by atoms with van der Waals surface area (Å²) >= 11 is 5.98. The molecule has 0 saturated heterocycles. The minimum Gasteiger partial charge on any atom is -0.370 e. The molecule has 0 saturated carbocycles. The van der Waals surface area contributed by atoms with Gasteiger partial charge in [0.1, 0.15) is 5.82 Å². The number of nitrogens with one attached hydrogen (secondary N) is 1. The number of halogens is 1. The van der Waals surface area contributed by atoms with Crippen LogP contribution in [0.3, 0.4) is 0 Å². The van der Waals surface area contributed by atoms with Gasteiger partial charge in [-0.3, -0.25) is 0 Å². The minimum atomic E-state index is 0.272. The highest BCUT2D eigenvalue weighted by molar-refractivity contribution is 6.28. The van der Waals surface area contributed by atoms with Crippen LogP contribution in [0.2, 0.25) is 5.28 Å². The largest absolute Gasteiger partial charge is 0.370 e. The van der Waals surface area contributed by atoms with Crippen molar-refractivity contribution < 1.29 is 0 Å². The molecule has 3 nitrogen and oxygen atoms in total. The second-order valence-electron chi connectivity index (χ2n) is 4.88. The Labute approximate surface area is 119 Å². The number of hydrogen-bond donors (Lipinski definition) is 1. The van der Waals surface area contributed by atoms with Crippen LogP contribution in [0, 0.1) is 5.92 Å². The van der Waals surface area contributed by atoms with Gasteiger partial charge in [0.25, 0.3) is 0 Å². The van der Waals surface area contributed by atoms with Crippen molar-refractivity contribution >= 4 is 17.4 Å². The molecule has 0 unspecified atom stereocenters. The molecule has 0 atom stereocenters. The fraction of sp³-hybridized carbons (Fsp3) is 0.333. The van der Waals surface area contributed by atoms with Crippen LogP contribution >= 0.6 is 11.6 Å². The van der Waals surface area contributed by atoms with Crippen LogP contribution in [0.25, 0.3) is 11.3 Å². The molecule has 0 fully saturated rings. The molecule has 4 heteroatoms. The SMILES string of the molecule is CC(C)CCNc1cc(-c2ccccc2)nc(Cl)n1. The van der Waals surface area contributed by atoms with Gasteiger partial charge < -0.3 is 5.32 Å². The fourth-order valence-corrected chi connectivity index (χ4v) is 1.94. The molecule has 1 aromatic carbocycles. The van der Waals surface area contributed by atoms with E-state index in [1.807, 2.05) is 36.4 Å². The smallest absolute Gasteiger partial charge is 0.224 e. The summed E-state index contributed by atoms with van der Waals surface area (Å²) in [4.78, 5) is 8.46. The van der Waals surface area contributed by atoms with E-state index in [-0.39, 0.29) is 5.28 Å². The van der Waals surface area contributed by atoms with E-state index in [1.54, 1.807) is 0 Å². The quantitative estimate of drug-likeness (QED) is 0.829. The summed E-state index contributed by atoms with van der Waals surface area (Å²) in [5, 5.41) is 3.56. The number of benzene rings is 1. The highest BCUT2D eigenvalue weighted by Gasteiger charge is 2.05. The second kappa shape index (κ2) is 6.53. The first-order valence-electron chi connectivity index (χ1n) is 6.49. The van der Waals surface area contributed by atoms with Crippen molar-refractivity contribution in [2.24, 2.45) is 5.92 Å². The predicted octanol–water partition coefficient (Wildman–Crippen LogP) is 4.26. The Balaban J connectivity index is 2.16. The highest BCUT2D eigenvalue weighted by atomic mass is 35.5. The predicted molar refractivity (Wildman–Crippen MR) is 80.4 cm³/mol. The maximum absolute atomic E-state index is 5.98. The van der Waals surface area contributed by atoms with E-state index in [1.165, 1.54) is 0 Å². The van der Waals surface area contributed by atoms with E-state index in [9.17, 15) is 0 Å². The Hall–Kier alpha value is -1.61. The van der Waals surface area contributed by atoms with Gasteiger partial charge >= 0.3 is 0 Å². The van der Waals surface area contributed by atoms with Crippen molar-refractivity contribution in [2.45, 2.75) is 20.3 Å². The standard InChI is InChI=1S/C15H18ClN3/c1-11(2)8-9-17-14-10-13(18-15(16)19-14)12-6-4-3-5-7-12/h3-7,10-11H,8-9H2,1-2H3,(H,17,18,19). The third-order valence-electron chi connectivity index (χ3n) is 2.80. The molecular formula is C15H18ClN3. The monoisotopic (exact) mass is 275 g/mol. The average molecular weight is 276 g/mol. The Morgan fingerprint density at radius 1 is 1.16 bits per heavy atom. The lowest BCUT2D eigenvalue weighted by molar-refractivity contribution is 0.606. The molecule has 0 bridgehead atoms. The van der Waals surface area contributed by atoms with Crippen molar-refractivity contribution in [3.8, 4) is 11.3 Å². The lowest BCUT2D eigenvalue weighted by atomic mass is 10.1. The van der Waals surface area contributed by atoms with Gasteiger partial charge in [-0.25, -0.2) is 9.97 Å². The van der Waals surface area contributed by atoms with Crippen LogP contribution in [0.5, 0.6) is 0 Å². The molecule has 0 aliphatic rings. The fourth-order valence-electron chi connectivity index (χ4n) is 1.75. The topological polar surface area (TPSA) is 37.8 Å². The maximum atomic E-state index is 5.98. The van der Waals surface area contributed by atoms with E-state index >= 15 is 0 Å². The maximum Gasteiger partial charge on any atom is 0.224 e. The Morgan fingerprint density at radius 3 is 2.58 bits per heavy atom. The molecule has 1 N–H and O–H groups in total. The van der Waals surface area contributed by atoms with Gasteiger partial charge in [0.05, 0.1) is 5.69 Å². The van der Waals surface area contributed by atoms with E-state index in [2.05, 4.69) is 29.1 Å². The van der Waals surface area contributed by atoms with Crippen LogP contribution in [0.1, 0.15) is 20.3 Å². The minimum absolute atomic E-state index is 0.272. The molecule has 1 heterocycles. The summed E-state index contributed by atoms with van der Waals surface area (Å²) in [5.41, 5.74) is 1.88. The van der Waals surface area contributed by atoms with Crippen molar-refractivity contribution in [1.29, 1.82) is 0 Å². The van der Waals surface area contributed by atoms with Gasteiger partial charge in [0, 0.05) is 18.2 Å². The van der Waals surface area contributed by atoms with Crippen LogP contribution in [-0.2, 0) is 0 Å². The Bertz CT molecular complexity index is 526. The lowest BCUT2D eigenvalue weighted by Gasteiger charge is -2.09. The molecule has 100 valence electrons. The van der Waals surface area contributed by atoms with Crippen LogP contribution < -0.4 is 5.32 Å². The number of nitrogens with zero attached hydrogens (tertiary/aromatic N) is 2. The zero-order chi connectivity index (χ0) is 13.7. The number of anilines is 1. The first-order valence-corrected chi connectivity index (χ1v) is 6.87. The molecule has 0 aliphatic heterocycles. The molecule has 0 spiro atoms. The molecular weight excluding hydrogens is 258 g/mol. The molecule has 0 aliphatic carbocycles. The van der Waals surface area contributed by atoms with Crippen molar-refractivity contribution in [3.05, 3.63) is 41.7 Å². The van der Waals surface area contributed by atoms with Crippen LogP contribution in [-0.4, -0.2) is 16.5 Å². The number of rotatable bonds is 5. The summed E-state index contributed by atoms with van der Waals surface area (Å²) in [6.45, 7) is 5.29. The van der Waals surface area contributed by atoms with Gasteiger partial charge in [-0.15, -0.1) is 0 Å². The number of hydrogen-bond acceptors (Lipinski definition) is 3. The van der Waals surface area contributed by atoms with Gasteiger partial charge in [-0.05, 0) is 23.9 Å². The Kier molecular flexibility index (Phi) is 4.74. The van der Waals surface area contributed by atoms with Gasteiger partial charge in [0.2, 0.25) is 5.28 Å². The van der Waals surface area contributed by atoms with Crippen molar-refractivity contribution in [2.75, 3.05) is 11.9 Å². The zero-order valence-corrected chi connectivity index (χ0v) is 12.0. The highest BCUT2D eigenvalue weighted by Crippen LogP contribution is 2.21. The summed E-state index contributed by atoms with van der Waals surface area (Å²) in [6.07, 6.45) is 1.10. The van der Waals surface area contributed by atoms with E-state index in [0.717, 1.165) is 30.0 Å². The molecule has 0 amide bonds. The van der Waals surface area contributed by atoms with E-state index < -0.39 is 0 Å².